The highest BCUT2D eigenvalue weighted by atomic mass is 16.3. The van der Waals surface area contributed by atoms with Crippen molar-refractivity contribution in [3.05, 3.63) is 121 Å². The van der Waals surface area contributed by atoms with Crippen LogP contribution in [0.3, 0.4) is 0 Å². The number of hydrogen-bond acceptors (Lipinski definition) is 1. The molecule has 1 aromatic heterocycles. The summed E-state index contributed by atoms with van der Waals surface area (Å²) in [5, 5.41) is 7.69. The molecule has 0 radical (unpaired) electrons. The molecular formula is C44H36B8O. The van der Waals surface area contributed by atoms with Gasteiger partial charge in [-0.25, -0.2) is 0 Å². The molecule has 0 bridgehead atoms. The zero-order chi connectivity index (χ0) is 36.7. The summed E-state index contributed by atoms with van der Waals surface area (Å²) in [6.07, 6.45) is 0. The van der Waals surface area contributed by atoms with Crippen LogP contribution in [-0.4, -0.2) is 62.8 Å². The van der Waals surface area contributed by atoms with Gasteiger partial charge in [-0.15, -0.1) is 21.9 Å². The highest BCUT2D eigenvalue weighted by Gasteiger charge is 2.26. The van der Waals surface area contributed by atoms with E-state index in [4.69, 9.17) is 4.42 Å². The van der Waals surface area contributed by atoms with Gasteiger partial charge >= 0.3 is 0 Å². The van der Waals surface area contributed by atoms with Crippen LogP contribution in [0.5, 0.6) is 0 Å². The zero-order valence-electron chi connectivity index (χ0n) is 32.0. The molecule has 0 aliphatic rings. The van der Waals surface area contributed by atoms with Crippen molar-refractivity contribution in [2.75, 3.05) is 0 Å². The second kappa shape index (κ2) is 12.6. The van der Waals surface area contributed by atoms with Gasteiger partial charge in [0.05, 0.1) is 0 Å². The molecule has 1 nitrogen and oxygen atoms in total. The van der Waals surface area contributed by atoms with Gasteiger partial charge in [0, 0.05) is 10.8 Å². The van der Waals surface area contributed by atoms with Crippen LogP contribution in [0.1, 0.15) is 0 Å². The van der Waals surface area contributed by atoms with Gasteiger partial charge in [0.25, 0.3) is 0 Å². The molecule has 0 spiro atoms. The van der Waals surface area contributed by atoms with Crippen LogP contribution in [0, 0.1) is 0 Å². The lowest BCUT2D eigenvalue weighted by Gasteiger charge is -2.28. The first kappa shape index (κ1) is 33.4. The Hall–Kier alpha value is -5.40. The topological polar surface area (TPSA) is 13.1 Å². The van der Waals surface area contributed by atoms with E-state index < -0.39 is 0 Å². The van der Waals surface area contributed by atoms with Crippen molar-refractivity contribution in [1.82, 2.24) is 0 Å². The molecule has 9 aromatic rings. The average Bonchev–Trinajstić information content (AvgIpc) is 3.58. The molecule has 0 saturated carbocycles. The fourth-order valence-corrected chi connectivity index (χ4v) is 8.95. The lowest BCUT2D eigenvalue weighted by atomic mass is 9.59. The minimum Gasteiger partial charge on any atom is -0.456 e. The number of para-hydroxylation sites is 1. The Morgan fingerprint density at radius 1 is 0.283 bits per heavy atom. The fourth-order valence-electron chi connectivity index (χ4n) is 8.95. The van der Waals surface area contributed by atoms with E-state index in [9.17, 15) is 0 Å². The molecule has 8 aromatic carbocycles. The molecule has 0 unspecified atom stereocenters. The smallest absolute Gasteiger partial charge is 0.139 e. The molecule has 0 amide bonds. The second-order valence-electron chi connectivity index (χ2n) is 15.1. The molecule has 1 heterocycles. The maximum atomic E-state index is 6.35. The Labute approximate surface area is 318 Å². The van der Waals surface area contributed by atoms with Gasteiger partial charge in [0.15, 0.2) is 0 Å². The maximum absolute atomic E-state index is 6.35. The van der Waals surface area contributed by atoms with Crippen LogP contribution in [0.15, 0.2) is 126 Å². The van der Waals surface area contributed by atoms with Crippen LogP contribution in [0.25, 0.3) is 88.0 Å². The van der Waals surface area contributed by atoms with Gasteiger partial charge in [-0.3, -0.25) is 0 Å². The van der Waals surface area contributed by atoms with Crippen LogP contribution < -0.4 is 43.7 Å². The van der Waals surface area contributed by atoms with Crippen LogP contribution >= 0.6 is 0 Å². The first-order chi connectivity index (χ1) is 25.6. The number of fused-ring (bicyclic) bond motifs is 5. The number of benzene rings is 8. The van der Waals surface area contributed by atoms with E-state index in [0.717, 1.165) is 21.9 Å². The molecular weight excluding hydrogens is 631 g/mol. The zero-order valence-corrected chi connectivity index (χ0v) is 32.0. The van der Waals surface area contributed by atoms with Gasteiger partial charge in [0.1, 0.15) is 73.9 Å². The van der Waals surface area contributed by atoms with Gasteiger partial charge in [-0.2, -0.15) is 0 Å². The standard InChI is InChI=1S/C44H36B8O/c45-37-33-31(23-15-16-30-28(20-23)27-13-7-8-14-29(27)53-30)34-36(40(48)44(52)42(50)38(34)46)32(35(33)39(47)43(51)41(37)49)26-18-24(21-9-3-1-4-10-21)17-25(19-26)22-11-5-2-6-12-22/h1-20H,45-52H2. The van der Waals surface area contributed by atoms with Crippen molar-refractivity contribution in [3.63, 3.8) is 0 Å². The third-order valence-electron chi connectivity index (χ3n) is 12.5. The Bertz CT molecular complexity index is 2830. The van der Waals surface area contributed by atoms with Crippen LogP contribution in [-0.2, 0) is 0 Å². The molecule has 0 aliphatic carbocycles. The first-order valence-electron chi connectivity index (χ1n) is 18.8. The van der Waals surface area contributed by atoms with Crippen molar-refractivity contribution < 1.29 is 4.42 Å². The van der Waals surface area contributed by atoms with E-state index in [-0.39, 0.29) is 0 Å². The number of hydrogen-bond donors (Lipinski definition) is 0. The molecule has 0 N–H and O–H groups in total. The second-order valence-corrected chi connectivity index (χ2v) is 15.1. The summed E-state index contributed by atoms with van der Waals surface area (Å²) in [5.41, 5.74) is 22.7. The van der Waals surface area contributed by atoms with Crippen LogP contribution in [0.2, 0.25) is 0 Å². The van der Waals surface area contributed by atoms with Gasteiger partial charge < -0.3 is 4.42 Å². The van der Waals surface area contributed by atoms with E-state index in [1.165, 1.54) is 110 Å². The Morgan fingerprint density at radius 3 is 1.17 bits per heavy atom. The largest absolute Gasteiger partial charge is 0.456 e. The summed E-state index contributed by atoms with van der Waals surface area (Å²) in [5.74, 6) is 0. The molecule has 9 heteroatoms. The first-order valence-corrected chi connectivity index (χ1v) is 18.8. The van der Waals surface area contributed by atoms with Crippen molar-refractivity contribution in [3.8, 4) is 44.5 Å². The lowest BCUT2D eigenvalue weighted by molar-refractivity contribution is 0.669. The predicted molar refractivity (Wildman–Crippen MR) is 256 cm³/mol. The Morgan fingerprint density at radius 2 is 0.679 bits per heavy atom. The quantitative estimate of drug-likeness (QED) is 0.167. The monoisotopic (exact) mass is 668 g/mol. The molecule has 9 rings (SSSR count). The Balaban J connectivity index is 1.52. The van der Waals surface area contributed by atoms with Gasteiger partial charge in [-0.05, 0) is 102 Å². The van der Waals surface area contributed by atoms with E-state index >= 15 is 0 Å². The molecule has 0 fully saturated rings. The molecule has 242 valence electrons. The van der Waals surface area contributed by atoms with Crippen molar-refractivity contribution in [1.29, 1.82) is 0 Å². The minimum atomic E-state index is 0.922. The summed E-state index contributed by atoms with van der Waals surface area (Å²) in [6.45, 7) is 0. The van der Waals surface area contributed by atoms with Gasteiger partial charge in [-0.1, -0.05) is 107 Å². The minimum absolute atomic E-state index is 0.922. The van der Waals surface area contributed by atoms with E-state index in [1.807, 2.05) is 0 Å². The van der Waals surface area contributed by atoms with E-state index in [1.54, 1.807) is 0 Å². The highest BCUT2D eigenvalue weighted by Crippen LogP contribution is 2.44. The number of rotatable bonds is 4. The summed E-state index contributed by atoms with van der Waals surface area (Å²) < 4.78 is 6.35. The van der Waals surface area contributed by atoms with E-state index in [0.29, 0.717) is 0 Å². The van der Waals surface area contributed by atoms with E-state index in [2.05, 4.69) is 184 Å². The maximum Gasteiger partial charge on any atom is 0.139 e. The van der Waals surface area contributed by atoms with Crippen molar-refractivity contribution in [2.24, 2.45) is 0 Å². The summed E-state index contributed by atoms with van der Waals surface area (Å²) in [7, 11) is 18.6. The fraction of sp³-hybridized carbons (Fsp3) is 0. The SMILES string of the molecule is Bc1c(B)c(B)c2c(-c3ccc4oc5ccccc5c4c3)c3c(B)c(B)c(B)c(B)c3c(-c3cc(-c4ccccc4)cc(-c4ccccc4)c3)c2c1B. The highest BCUT2D eigenvalue weighted by molar-refractivity contribution is 6.71. The number of furan rings is 1. The van der Waals surface area contributed by atoms with Crippen LogP contribution in [0.4, 0.5) is 0 Å². The molecule has 0 saturated heterocycles. The average molecular weight is 667 g/mol. The Kier molecular flexibility index (Phi) is 7.97. The third-order valence-corrected chi connectivity index (χ3v) is 12.5. The summed E-state index contributed by atoms with van der Waals surface area (Å²) in [4.78, 5) is 0. The molecule has 0 atom stereocenters. The van der Waals surface area contributed by atoms with Crippen molar-refractivity contribution in [2.45, 2.75) is 0 Å². The third kappa shape index (κ3) is 5.12. The summed E-state index contributed by atoms with van der Waals surface area (Å²) >= 11 is 0. The normalized spacial score (nSPS) is 11.6. The lowest BCUT2D eigenvalue weighted by Crippen LogP contribution is -2.50. The molecule has 53 heavy (non-hydrogen) atoms. The van der Waals surface area contributed by atoms with Crippen molar-refractivity contribution >= 4 is 150 Å². The summed E-state index contributed by atoms with van der Waals surface area (Å²) in [6, 6.07) is 44.2. The predicted octanol–water partition coefficient (Wildman–Crippen LogP) is -1.37. The molecule has 0 aliphatic heterocycles. The van der Waals surface area contributed by atoms with Gasteiger partial charge in [0.2, 0.25) is 0 Å².